The maximum Gasteiger partial charge on any atom is 0.335 e. The van der Waals surface area contributed by atoms with Gasteiger partial charge in [0.05, 0.1) is 13.2 Å². The largest absolute Gasteiger partial charge is 0.508 e. The van der Waals surface area contributed by atoms with Crippen LogP contribution in [0.15, 0.2) is 48.1 Å². The van der Waals surface area contributed by atoms with Crippen molar-refractivity contribution in [3.05, 3.63) is 70.3 Å². The van der Waals surface area contributed by atoms with Crippen molar-refractivity contribution in [1.29, 1.82) is 0 Å². The average Bonchev–Trinajstić information content (AvgIpc) is 2.87. The predicted molar refractivity (Wildman–Crippen MR) is 137 cm³/mol. The van der Waals surface area contributed by atoms with Crippen LogP contribution in [0.25, 0.3) is 6.08 Å². The van der Waals surface area contributed by atoms with E-state index in [4.69, 9.17) is 9.47 Å². The predicted octanol–water partition coefficient (Wildman–Crippen LogP) is 1.99. The maximum atomic E-state index is 13.1. The van der Waals surface area contributed by atoms with Gasteiger partial charge in [-0.05, 0) is 55.7 Å². The number of phenols is 2. The van der Waals surface area contributed by atoms with Crippen molar-refractivity contribution in [2.75, 3.05) is 7.11 Å². The number of carboxylic acid groups (broad SMARTS) is 1. The van der Waals surface area contributed by atoms with Gasteiger partial charge in [0.2, 0.25) is 0 Å². The minimum Gasteiger partial charge on any atom is -0.508 e. The lowest BCUT2D eigenvalue weighted by Crippen LogP contribution is -2.60. The fourth-order valence-corrected chi connectivity index (χ4v) is 4.23. The van der Waals surface area contributed by atoms with Gasteiger partial charge in [0.15, 0.2) is 11.9 Å². The van der Waals surface area contributed by atoms with E-state index in [9.17, 15) is 40.2 Å². The second-order valence-corrected chi connectivity index (χ2v) is 9.32. The Kier molecular flexibility index (Phi) is 9.29. The Balaban J connectivity index is 2.04. The van der Waals surface area contributed by atoms with Gasteiger partial charge >= 0.3 is 5.97 Å². The van der Waals surface area contributed by atoms with Crippen molar-refractivity contribution >= 4 is 17.8 Å². The normalized spacial score (nSPS) is 23.3. The van der Waals surface area contributed by atoms with Crippen LogP contribution in [-0.2, 0) is 22.4 Å². The molecule has 204 valence electrons. The van der Waals surface area contributed by atoms with Crippen LogP contribution < -0.4 is 4.74 Å². The third-order valence-corrected chi connectivity index (χ3v) is 6.34. The summed E-state index contributed by atoms with van der Waals surface area (Å²) in [6.07, 6.45) is -3.55. The molecule has 2 aromatic carbocycles. The zero-order valence-electron chi connectivity index (χ0n) is 21.2. The van der Waals surface area contributed by atoms with Gasteiger partial charge < -0.3 is 40.1 Å². The monoisotopic (exact) mass is 528 g/mol. The van der Waals surface area contributed by atoms with Gasteiger partial charge in [0.1, 0.15) is 41.1 Å². The van der Waals surface area contributed by atoms with Gasteiger partial charge in [0.25, 0.3) is 0 Å². The SMILES string of the molecule is COc1cc(CC2OC(C(=O)O)C(O)C(O)C2O)c(CC=C(C)C)c(O)c1C(=O)C=Cc1ccc(O)cc1. The number of hydrogen-bond acceptors (Lipinski definition) is 9. The lowest BCUT2D eigenvalue weighted by Gasteiger charge is -2.39. The summed E-state index contributed by atoms with van der Waals surface area (Å²) in [7, 11) is 1.32. The summed E-state index contributed by atoms with van der Waals surface area (Å²) in [6.45, 7) is 3.71. The Morgan fingerprint density at radius 1 is 1.03 bits per heavy atom. The first kappa shape index (κ1) is 28.9. The summed E-state index contributed by atoms with van der Waals surface area (Å²) in [6, 6.07) is 7.68. The van der Waals surface area contributed by atoms with Crippen molar-refractivity contribution in [3.63, 3.8) is 0 Å². The van der Waals surface area contributed by atoms with Crippen LogP contribution in [0.2, 0.25) is 0 Å². The molecule has 0 aromatic heterocycles. The molecule has 5 atom stereocenters. The van der Waals surface area contributed by atoms with Crippen LogP contribution >= 0.6 is 0 Å². The first-order valence-corrected chi connectivity index (χ1v) is 11.9. The van der Waals surface area contributed by atoms with Crippen LogP contribution in [0.5, 0.6) is 17.2 Å². The molecule has 10 heteroatoms. The van der Waals surface area contributed by atoms with Gasteiger partial charge in [0, 0.05) is 12.0 Å². The Morgan fingerprint density at radius 3 is 2.26 bits per heavy atom. The summed E-state index contributed by atoms with van der Waals surface area (Å²) in [5.41, 5.74) is 2.22. The summed E-state index contributed by atoms with van der Waals surface area (Å²) in [5, 5.41) is 60.7. The van der Waals surface area contributed by atoms with Gasteiger partial charge in [-0.2, -0.15) is 0 Å². The number of aromatic hydroxyl groups is 2. The molecule has 1 fully saturated rings. The highest BCUT2D eigenvalue weighted by Gasteiger charge is 2.47. The number of allylic oxidation sites excluding steroid dienone is 3. The van der Waals surface area contributed by atoms with Gasteiger partial charge in [-0.1, -0.05) is 29.9 Å². The number of methoxy groups -OCH3 is 1. The van der Waals surface area contributed by atoms with Crippen LogP contribution in [0.3, 0.4) is 0 Å². The van der Waals surface area contributed by atoms with E-state index in [1.807, 2.05) is 19.9 Å². The van der Waals surface area contributed by atoms with E-state index < -0.39 is 42.3 Å². The Labute approximate surface area is 219 Å². The van der Waals surface area contributed by atoms with E-state index in [0.717, 1.165) is 5.57 Å². The van der Waals surface area contributed by atoms with Crippen molar-refractivity contribution in [2.45, 2.75) is 57.2 Å². The minimum absolute atomic E-state index is 0.0412. The standard InChI is InChI=1S/C28H32O10/c1-14(2)4-10-18-16(13-21-24(32)25(33)26(34)27(38-21)28(35)36)12-20(37-3)22(23(18)31)19(30)11-7-15-5-8-17(29)9-6-15/h4-9,11-12,21,24-27,29,31-34H,10,13H2,1-3H3,(H,35,36). The summed E-state index contributed by atoms with van der Waals surface area (Å²) >= 11 is 0. The average molecular weight is 529 g/mol. The van der Waals surface area contributed by atoms with E-state index in [0.29, 0.717) is 16.7 Å². The highest BCUT2D eigenvalue weighted by atomic mass is 16.6. The number of carbonyl (C=O) groups is 2. The molecule has 1 heterocycles. The summed E-state index contributed by atoms with van der Waals surface area (Å²) < 4.78 is 10.8. The topological polar surface area (TPSA) is 174 Å². The van der Waals surface area contributed by atoms with Gasteiger partial charge in [-0.15, -0.1) is 0 Å². The van der Waals surface area contributed by atoms with Crippen molar-refractivity contribution in [2.24, 2.45) is 0 Å². The van der Waals surface area contributed by atoms with E-state index in [-0.39, 0.29) is 35.7 Å². The van der Waals surface area contributed by atoms with Gasteiger partial charge in [-0.3, -0.25) is 4.79 Å². The van der Waals surface area contributed by atoms with Crippen LogP contribution in [-0.4, -0.2) is 80.0 Å². The fourth-order valence-electron chi connectivity index (χ4n) is 4.23. The molecular formula is C28H32O10. The molecule has 5 unspecified atom stereocenters. The Morgan fingerprint density at radius 2 is 1.68 bits per heavy atom. The molecule has 3 rings (SSSR count). The molecule has 0 bridgehead atoms. The number of aliphatic carboxylic acids is 1. The van der Waals surface area contributed by atoms with Gasteiger partial charge in [-0.25, -0.2) is 4.79 Å². The van der Waals surface area contributed by atoms with E-state index in [2.05, 4.69) is 0 Å². The van der Waals surface area contributed by atoms with E-state index >= 15 is 0 Å². The number of carbonyl (C=O) groups excluding carboxylic acids is 1. The minimum atomic E-state index is -1.83. The number of rotatable bonds is 9. The van der Waals surface area contributed by atoms with Crippen LogP contribution in [0.1, 0.15) is 40.9 Å². The molecular weight excluding hydrogens is 496 g/mol. The first-order chi connectivity index (χ1) is 17.9. The number of aliphatic hydroxyl groups is 3. The Bertz CT molecular complexity index is 1230. The van der Waals surface area contributed by atoms with Crippen molar-refractivity contribution in [3.8, 4) is 17.2 Å². The number of aliphatic hydroxyl groups excluding tert-OH is 3. The molecule has 0 amide bonds. The Hall–Kier alpha value is -3.70. The summed E-state index contributed by atoms with van der Waals surface area (Å²) in [5.74, 6) is -2.27. The molecule has 0 aliphatic carbocycles. The van der Waals surface area contributed by atoms with Crippen LogP contribution in [0, 0.1) is 0 Å². The quantitative estimate of drug-likeness (QED) is 0.160. The molecule has 2 aromatic rings. The number of benzene rings is 2. The number of ketones is 1. The second kappa shape index (κ2) is 12.2. The highest BCUT2D eigenvalue weighted by molar-refractivity contribution is 6.11. The molecule has 0 radical (unpaired) electrons. The molecule has 38 heavy (non-hydrogen) atoms. The lowest BCUT2D eigenvalue weighted by molar-refractivity contribution is -0.227. The number of ether oxygens (including phenoxy) is 2. The third-order valence-electron chi connectivity index (χ3n) is 6.34. The van der Waals surface area contributed by atoms with Crippen molar-refractivity contribution < 1.29 is 49.7 Å². The van der Waals surface area contributed by atoms with Crippen molar-refractivity contribution in [1.82, 2.24) is 0 Å². The molecule has 1 aliphatic heterocycles. The molecule has 1 aliphatic rings. The molecule has 0 saturated carbocycles. The lowest BCUT2D eigenvalue weighted by atomic mass is 9.87. The highest BCUT2D eigenvalue weighted by Crippen LogP contribution is 2.38. The smallest absolute Gasteiger partial charge is 0.335 e. The molecule has 10 nitrogen and oxygen atoms in total. The number of hydrogen-bond donors (Lipinski definition) is 6. The van der Waals surface area contributed by atoms with E-state index in [1.165, 1.54) is 37.5 Å². The number of phenolic OH excluding ortho intramolecular Hbond substituents is 2. The molecule has 0 spiro atoms. The molecule has 1 saturated heterocycles. The summed E-state index contributed by atoms with van der Waals surface area (Å²) in [4.78, 5) is 24.7. The van der Waals surface area contributed by atoms with E-state index in [1.54, 1.807) is 12.1 Å². The molecule has 6 N–H and O–H groups in total. The zero-order chi connectivity index (χ0) is 28.1. The third kappa shape index (κ3) is 6.40. The van der Waals surface area contributed by atoms with Crippen LogP contribution in [0.4, 0.5) is 0 Å². The second-order valence-electron chi connectivity index (χ2n) is 9.32. The first-order valence-electron chi connectivity index (χ1n) is 11.9. The fraction of sp³-hybridized carbons (Fsp3) is 0.357. The number of carboxylic acids is 1. The zero-order valence-corrected chi connectivity index (χ0v) is 21.2. The maximum absolute atomic E-state index is 13.1.